The molecule has 0 bridgehead atoms. The van der Waals surface area contributed by atoms with Gasteiger partial charge in [-0.2, -0.15) is 0 Å². The molecule has 3 N–H and O–H groups in total. The largest absolute Gasteiger partial charge is 0.465 e. The zero-order valence-corrected chi connectivity index (χ0v) is 14.2. The Morgan fingerprint density at radius 3 is 2.46 bits per heavy atom. The lowest BCUT2D eigenvalue weighted by molar-refractivity contribution is 0.0600. The van der Waals surface area contributed by atoms with Gasteiger partial charge in [0.1, 0.15) is 0 Å². The maximum Gasteiger partial charge on any atom is 0.337 e. The van der Waals surface area contributed by atoms with Crippen LogP contribution in [-0.4, -0.2) is 28.0 Å². The van der Waals surface area contributed by atoms with Gasteiger partial charge in [-0.1, -0.05) is 24.3 Å². The van der Waals surface area contributed by atoms with Crippen molar-refractivity contribution in [2.45, 2.75) is 17.9 Å². The second-order valence-electron chi connectivity index (χ2n) is 5.20. The zero-order chi connectivity index (χ0) is 17.6. The van der Waals surface area contributed by atoms with E-state index in [1.165, 1.54) is 7.11 Å². The quantitative estimate of drug-likeness (QED) is 0.738. The lowest BCUT2D eigenvalue weighted by Gasteiger charge is -2.09. The molecule has 0 heterocycles. The number of benzene rings is 2. The maximum absolute atomic E-state index is 12.4. The molecule has 0 saturated heterocycles. The minimum Gasteiger partial charge on any atom is -0.465 e. The molecule has 0 atom stereocenters. The van der Waals surface area contributed by atoms with Crippen molar-refractivity contribution in [1.29, 1.82) is 0 Å². The molecule has 0 saturated carbocycles. The van der Waals surface area contributed by atoms with E-state index in [0.29, 0.717) is 18.5 Å². The van der Waals surface area contributed by atoms with Crippen molar-refractivity contribution >= 4 is 16.0 Å². The summed E-state index contributed by atoms with van der Waals surface area (Å²) in [6, 6.07) is 13.3. The van der Waals surface area contributed by atoms with Crippen LogP contribution in [0.15, 0.2) is 53.4 Å². The first-order valence-corrected chi connectivity index (χ1v) is 8.90. The van der Waals surface area contributed by atoms with Crippen LogP contribution >= 0.6 is 0 Å². The van der Waals surface area contributed by atoms with Crippen LogP contribution in [0.2, 0.25) is 0 Å². The second-order valence-corrected chi connectivity index (χ2v) is 6.97. The van der Waals surface area contributed by atoms with Crippen molar-refractivity contribution in [3.8, 4) is 0 Å². The predicted molar refractivity (Wildman–Crippen MR) is 91.0 cm³/mol. The minimum atomic E-state index is -3.61. The lowest BCUT2D eigenvalue weighted by Crippen LogP contribution is -2.23. The van der Waals surface area contributed by atoms with Gasteiger partial charge in [0.25, 0.3) is 0 Å². The monoisotopic (exact) mass is 348 g/mol. The Balaban J connectivity index is 2.07. The van der Waals surface area contributed by atoms with Crippen LogP contribution in [0.5, 0.6) is 0 Å². The fourth-order valence-corrected chi connectivity index (χ4v) is 3.26. The Labute approximate surface area is 141 Å². The number of hydrogen-bond donors (Lipinski definition) is 2. The number of nitrogens with one attached hydrogen (secondary N) is 1. The summed E-state index contributed by atoms with van der Waals surface area (Å²) < 4.78 is 31.9. The van der Waals surface area contributed by atoms with E-state index in [9.17, 15) is 13.2 Å². The summed E-state index contributed by atoms with van der Waals surface area (Å²) in [6.07, 6.45) is 0.623. The van der Waals surface area contributed by atoms with Crippen LogP contribution in [-0.2, 0) is 27.7 Å². The van der Waals surface area contributed by atoms with Gasteiger partial charge in [-0.15, -0.1) is 0 Å². The van der Waals surface area contributed by atoms with Gasteiger partial charge in [0.2, 0.25) is 10.0 Å². The lowest BCUT2D eigenvalue weighted by atomic mass is 10.1. The van der Waals surface area contributed by atoms with E-state index in [0.717, 1.165) is 11.1 Å². The van der Waals surface area contributed by atoms with Crippen LogP contribution in [0.25, 0.3) is 0 Å². The van der Waals surface area contributed by atoms with Crippen LogP contribution < -0.4 is 10.5 Å². The first kappa shape index (κ1) is 18.1. The number of sulfonamides is 1. The van der Waals surface area contributed by atoms with Gasteiger partial charge in [0, 0.05) is 6.54 Å². The molecule has 0 aromatic heterocycles. The Bertz CT molecular complexity index is 802. The summed E-state index contributed by atoms with van der Waals surface area (Å²) in [5.74, 6) is -0.432. The molecule has 2 aromatic carbocycles. The third-order valence-corrected chi connectivity index (χ3v) is 4.88. The summed E-state index contributed by atoms with van der Waals surface area (Å²) in [6.45, 7) is 0.592. The first-order chi connectivity index (χ1) is 11.5. The standard InChI is InChI=1S/C17H20N2O4S/c1-23-17(20)15-7-5-14(6-8-15)12-19-24(21,22)16-4-2-3-13(11-16)9-10-18/h2-8,11,19H,9-10,12,18H2,1H3. The number of methoxy groups -OCH3 is 1. The maximum atomic E-state index is 12.4. The smallest absolute Gasteiger partial charge is 0.337 e. The van der Waals surface area contributed by atoms with E-state index in [1.54, 1.807) is 42.5 Å². The second kappa shape index (κ2) is 8.05. The van der Waals surface area contributed by atoms with Crippen LogP contribution in [0.3, 0.4) is 0 Å². The Morgan fingerprint density at radius 1 is 1.12 bits per heavy atom. The summed E-state index contributed by atoms with van der Waals surface area (Å²) in [5, 5.41) is 0. The number of carbonyl (C=O) groups excluding carboxylic acids is 1. The highest BCUT2D eigenvalue weighted by atomic mass is 32.2. The molecule has 0 fully saturated rings. The normalized spacial score (nSPS) is 11.2. The average molecular weight is 348 g/mol. The fraction of sp³-hybridized carbons (Fsp3) is 0.235. The minimum absolute atomic E-state index is 0.130. The summed E-state index contributed by atoms with van der Waals surface area (Å²) >= 11 is 0. The molecule has 2 rings (SSSR count). The van der Waals surface area contributed by atoms with Gasteiger partial charge in [0.05, 0.1) is 17.6 Å². The van der Waals surface area contributed by atoms with Crippen molar-refractivity contribution in [3.05, 3.63) is 65.2 Å². The summed E-state index contributed by atoms with van der Waals surface area (Å²) in [5.41, 5.74) is 7.53. The molecule has 2 aromatic rings. The SMILES string of the molecule is COC(=O)c1ccc(CNS(=O)(=O)c2cccc(CCN)c2)cc1. The molecule has 0 amide bonds. The van der Waals surface area contributed by atoms with E-state index in [-0.39, 0.29) is 11.4 Å². The molecule has 0 aliphatic carbocycles. The molecule has 128 valence electrons. The van der Waals surface area contributed by atoms with Crippen LogP contribution in [0.1, 0.15) is 21.5 Å². The van der Waals surface area contributed by atoms with Gasteiger partial charge in [-0.25, -0.2) is 17.9 Å². The third kappa shape index (κ3) is 4.64. The highest BCUT2D eigenvalue weighted by Crippen LogP contribution is 2.13. The fourth-order valence-electron chi connectivity index (χ4n) is 2.17. The number of carbonyl (C=O) groups is 1. The highest BCUT2D eigenvalue weighted by Gasteiger charge is 2.14. The number of rotatable bonds is 7. The molecular formula is C17H20N2O4S. The molecule has 0 aliphatic heterocycles. The Morgan fingerprint density at radius 2 is 1.83 bits per heavy atom. The van der Waals surface area contributed by atoms with Crippen molar-refractivity contribution in [2.24, 2.45) is 5.73 Å². The molecular weight excluding hydrogens is 328 g/mol. The number of esters is 1. The van der Waals surface area contributed by atoms with E-state index >= 15 is 0 Å². The van der Waals surface area contributed by atoms with Crippen molar-refractivity contribution in [3.63, 3.8) is 0 Å². The van der Waals surface area contributed by atoms with E-state index in [4.69, 9.17) is 5.73 Å². The summed E-state index contributed by atoms with van der Waals surface area (Å²) in [4.78, 5) is 11.6. The van der Waals surface area contributed by atoms with Gasteiger partial charge >= 0.3 is 5.97 Å². The van der Waals surface area contributed by atoms with Gasteiger partial charge in [0.15, 0.2) is 0 Å². The van der Waals surface area contributed by atoms with E-state index in [2.05, 4.69) is 9.46 Å². The highest BCUT2D eigenvalue weighted by molar-refractivity contribution is 7.89. The van der Waals surface area contributed by atoms with Crippen LogP contribution in [0, 0.1) is 0 Å². The topological polar surface area (TPSA) is 98.5 Å². The predicted octanol–water partition coefficient (Wildman–Crippen LogP) is 1.45. The van der Waals surface area contributed by atoms with Gasteiger partial charge in [-0.05, 0) is 48.4 Å². The first-order valence-electron chi connectivity index (χ1n) is 7.42. The Hall–Kier alpha value is -2.22. The van der Waals surface area contributed by atoms with Crippen LogP contribution in [0.4, 0.5) is 0 Å². The molecule has 0 radical (unpaired) electrons. The molecule has 0 spiro atoms. The molecule has 6 nitrogen and oxygen atoms in total. The van der Waals surface area contributed by atoms with Crippen molar-refractivity contribution < 1.29 is 17.9 Å². The molecule has 0 aliphatic rings. The third-order valence-electron chi connectivity index (χ3n) is 3.48. The van der Waals surface area contributed by atoms with Gasteiger partial charge in [-0.3, -0.25) is 0 Å². The molecule has 0 unspecified atom stereocenters. The number of nitrogens with two attached hydrogens (primary N) is 1. The number of ether oxygens (including phenoxy) is 1. The zero-order valence-electron chi connectivity index (χ0n) is 13.4. The Kier molecular flexibility index (Phi) is 6.08. The van der Waals surface area contributed by atoms with E-state index in [1.807, 2.05) is 6.07 Å². The molecule has 24 heavy (non-hydrogen) atoms. The summed E-state index contributed by atoms with van der Waals surface area (Å²) in [7, 11) is -2.30. The van der Waals surface area contributed by atoms with E-state index < -0.39 is 16.0 Å². The van der Waals surface area contributed by atoms with Crippen molar-refractivity contribution in [2.75, 3.05) is 13.7 Å². The molecule has 7 heteroatoms. The van der Waals surface area contributed by atoms with Crippen molar-refractivity contribution in [1.82, 2.24) is 4.72 Å². The van der Waals surface area contributed by atoms with Gasteiger partial charge < -0.3 is 10.5 Å². The number of hydrogen-bond acceptors (Lipinski definition) is 5. The average Bonchev–Trinajstić information content (AvgIpc) is 2.60.